The molecule has 2 fully saturated rings. The Morgan fingerprint density at radius 3 is 2.67 bits per heavy atom. The van der Waals surface area contributed by atoms with E-state index in [0.717, 1.165) is 38.0 Å². The molecule has 0 spiro atoms. The lowest BCUT2D eigenvalue weighted by Crippen LogP contribution is -2.51. The zero-order chi connectivity index (χ0) is 13.0. The third kappa shape index (κ3) is 2.84. The summed E-state index contributed by atoms with van der Waals surface area (Å²) in [6.07, 6.45) is 5.64. The molecule has 1 aliphatic carbocycles. The molecule has 100 valence electrons. The highest BCUT2D eigenvalue weighted by Gasteiger charge is 2.38. The van der Waals surface area contributed by atoms with Gasteiger partial charge in [-0.2, -0.15) is 5.26 Å². The molecule has 1 N–H and O–H groups in total. The third-order valence-corrected chi connectivity index (χ3v) is 4.41. The van der Waals surface area contributed by atoms with Crippen molar-refractivity contribution in [3.8, 4) is 6.07 Å². The first-order chi connectivity index (χ1) is 8.69. The normalized spacial score (nSPS) is 36.0. The first kappa shape index (κ1) is 13.4. The molecule has 1 heterocycles. The fourth-order valence-corrected chi connectivity index (χ4v) is 2.92. The second kappa shape index (κ2) is 5.71. The van der Waals surface area contributed by atoms with Crippen molar-refractivity contribution in [1.29, 1.82) is 5.26 Å². The second-order valence-corrected chi connectivity index (χ2v) is 5.60. The molecule has 1 atom stereocenters. The maximum atomic E-state index is 12.1. The standard InChI is InChI=1S/C14H22N2O2/c1-2-11-3-6-14(10-15,7-4-11)16-13(17)12-5-8-18-9-12/h11-12H,2-9H2,1H3,(H,16,17). The zero-order valence-electron chi connectivity index (χ0n) is 11.1. The lowest BCUT2D eigenvalue weighted by atomic mass is 9.76. The summed E-state index contributed by atoms with van der Waals surface area (Å²) in [5.74, 6) is 0.668. The van der Waals surface area contributed by atoms with Crippen molar-refractivity contribution in [3.63, 3.8) is 0 Å². The van der Waals surface area contributed by atoms with Gasteiger partial charge in [-0.3, -0.25) is 4.79 Å². The summed E-state index contributed by atoms with van der Waals surface area (Å²) in [6.45, 7) is 3.36. The maximum Gasteiger partial charge on any atom is 0.226 e. The number of carbonyl (C=O) groups is 1. The number of hydrogen-bond acceptors (Lipinski definition) is 3. The Morgan fingerprint density at radius 2 is 2.17 bits per heavy atom. The molecule has 2 aliphatic rings. The summed E-state index contributed by atoms with van der Waals surface area (Å²) in [5.41, 5.74) is -0.620. The predicted molar refractivity (Wildman–Crippen MR) is 67.7 cm³/mol. The van der Waals surface area contributed by atoms with Gasteiger partial charge in [-0.1, -0.05) is 13.3 Å². The van der Waals surface area contributed by atoms with Crippen LogP contribution in [0.2, 0.25) is 0 Å². The number of amides is 1. The molecule has 0 aromatic heterocycles. The van der Waals surface area contributed by atoms with Gasteiger partial charge in [0.15, 0.2) is 0 Å². The molecule has 1 aliphatic heterocycles. The molecule has 0 bridgehead atoms. The van der Waals surface area contributed by atoms with E-state index in [0.29, 0.717) is 13.2 Å². The quantitative estimate of drug-likeness (QED) is 0.833. The molecular weight excluding hydrogens is 228 g/mol. The second-order valence-electron chi connectivity index (χ2n) is 5.60. The van der Waals surface area contributed by atoms with Gasteiger partial charge >= 0.3 is 0 Å². The van der Waals surface area contributed by atoms with Crippen LogP contribution in [-0.4, -0.2) is 24.7 Å². The van der Waals surface area contributed by atoms with Crippen LogP contribution in [0, 0.1) is 23.2 Å². The Bertz CT molecular complexity index is 334. The van der Waals surface area contributed by atoms with Gasteiger partial charge in [-0.25, -0.2) is 0 Å². The van der Waals surface area contributed by atoms with E-state index in [1.165, 1.54) is 6.42 Å². The minimum atomic E-state index is -0.620. The lowest BCUT2D eigenvalue weighted by Gasteiger charge is -2.35. The van der Waals surface area contributed by atoms with Crippen molar-refractivity contribution in [3.05, 3.63) is 0 Å². The molecule has 18 heavy (non-hydrogen) atoms. The van der Waals surface area contributed by atoms with Crippen LogP contribution in [0.3, 0.4) is 0 Å². The van der Waals surface area contributed by atoms with Crippen molar-refractivity contribution in [2.75, 3.05) is 13.2 Å². The molecule has 0 aromatic carbocycles. The lowest BCUT2D eigenvalue weighted by molar-refractivity contribution is -0.126. The number of ether oxygens (including phenoxy) is 1. The molecule has 4 heteroatoms. The summed E-state index contributed by atoms with van der Waals surface area (Å²) in [7, 11) is 0. The van der Waals surface area contributed by atoms with E-state index >= 15 is 0 Å². The van der Waals surface area contributed by atoms with Crippen LogP contribution in [-0.2, 0) is 9.53 Å². The Labute approximate surface area is 109 Å². The van der Waals surface area contributed by atoms with Gasteiger partial charge in [0.1, 0.15) is 5.54 Å². The average molecular weight is 250 g/mol. The van der Waals surface area contributed by atoms with Crippen LogP contribution in [0.15, 0.2) is 0 Å². The smallest absolute Gasteiger partial charge is 0.226 e. The monoisotopic (exact) mass is 250 g/mol. The SMILES string of the molecule is CCC1CCC(C#N)(NC(=O)C2CCOC2)CC1. The number of nitrogens with zero attached hydrogens (tertiary/aromatic N) is 1. The highest BCUT2D eigenvalue weighted by atomic mass is 16.5. The summed E-state index contributed by atoms with van der Waals surface area (Å²) < 4.78 is 5.22. The van der Waals surface area contributed by atoms with Crippen molar-refractivity contribution in [1.82, 2.24) is 5.32 Å². The molecule has 1 unspecified atom stereocenters. The summed E-state index contributed by atoms with van der Waals surface area (Å²) in [5, 5.41) is 12.4. The zero-order valence-corrected chi connectivity index (χ0v) is 11.1. The van der Waals surface area contributed by atoms with E-state index in [9.17, 15) is 10.1 Å². The van der Waals surface area contributed by atoms with E-state index in [1.807, 2.05) is 0 Å². The Hall–Kier alpha value is -1.08. The molecule has 1 saturated heterocycles. The molecule has 1 saturated carbocycles. The van der Waals surface area contributed by atoms with Crippen molar-refractivity contribution < 1.29 is 9.53 Å². The number of nitriles is 1. The fraction of sp³-hybridized carbons (Fsp3) is 0.857. The Balaban J connectivity index is 1.92. The fourth-order valence-electron chi connectivity index (χ4n) is 2.92. The van der Waals surface area contributed by atoms with Gasteiger partial charge in [-0.15, -0.1) is 0 Å². The van der Waals surface area contributed by atoms with Crippen LogP contribution < -0.4 is 5.32 Å². The van der Waals surface area contributed by atoms with E-state index in [1.54, 1.807) is 0 Å². The van der Waals surface area contributed by atoms with Crippen molar-refractivity contribution in [2.24, 2.45) is 11.8 Å². The number of carbonyl (C=O) groups excluding carboxylic acids is 1. The van der Waals surface area contributed by atoms with Gasteiger partial charge in [-0.05, 0) is 38.0 Å². The molecule has 0 radical (unpaired) electrons. The largest absolute Gasteiger partial charge is 0.381 e. The van der Waals surface area contributed by atoms with Gasteiger partial charge in [0.2, 0.25) is 5.91 Å². The minimum absolute atomic E-state index is 0.00370. The van der Waals surface area contributed by atoms with E-state index in [-0.39, 0.29) is 11.8 Å². The number of rotatable bonds is 3. The van der Waals surface area contributed by atoms with Gasteiger partial charge in [0.05, 0.1) is 18.6 Å². The van der Waals surface area contributed by atoms with Gasteiger partial charge in [0.25, 0.3) is 0 Å². The van der Waals surface area contributed by atoms with Crippen LogP contribution in [0.1, 0.15) is 45.4 Å². The number of nitrogens with one attached hydrogen (secondary N) is 1. The van der Waals surface area contributed by atoms with Crippen molar-refractivity contribution in [2.45, 2.75) is 51.0 Å². The first-order valence-corrected chi connectivity index (χ1v) is 7.00. The summed E-state index contributed by atoms with van der Waals surface area (Å²) >= 11 is 0. The maximum absolute atomic E-state index is 12.1. The van der Waals surface area contributed by atoms with E-state index in [4.69, 9.17) is 4.74 Å². The van der Waals surface area contributed by atoms with Crippen LogP contribution >= 0.6 is 0 Å². The molecule has 4 nitrogen and oxygen atoms in total. The van der Waals surface area contributed by atoms with Crippen LogP contribution in [0.4, 0.5) is 0 Å². The average Bonchev–Trinajstić information content (AvgIpc) is 2.93. The molecular formula is C14H22N2O2. The minimum Gasteiger partial charge on any atom is -0.381 e. The Morgan fingerprint density at radius 1 is 1.44 bits per heavy atom. The summed E-state index contributed by atoms with van der Waals surface area (Å²) in [4.78, 5) is 12.1. The van der Waals surface area contributed by atoms with Crippen LogP contribution in [0.25, 0.3) is 0 Å². The molecule has 1 amide bonds. The summed E-state index contributed by atoms with van der Waals surface area (Å²) in [6, 6.07) is 2.34. The highest BCUT2D eigenvalue weighted by molar-refractivity contribution is 5.80. The first-order valence-electron chi connectivity index (χ1n) is 7.00. The highest BCUT2D eigenvalue weighted by Crippen LogP contribution is 2.33. The van der Waals surface area contributed by atoms with Crippen LogP contribution in [0.5, 0.6) is 0 Å². The third-order valence-electron chi connectivity index (χ3n) is 4.41. The topological polar surface area (TPSA) is 62.1 Å². The Kier molecular flexibility index (Phi) is 4.23. The molecule has 2 rings (SSSR count). The van der Waals surface area contributed by atoms with Crippen molar-refractivity contribution >= 4 is 5.91 Å². The van der Waals surface area contributed by atoms with E-state index < -0.39 is 5.54 Å². The molecule has 0 aromatic rings. The van der Waals surface area contributed by atoms with Gasteiger partial charge in [0, 0.05) is 6.61 Å². The number of hydrogen-bond donors (Lipinski definition) is 1. The predicted octanol–water partition coefficient (Wildman–Crippen LogP) is 2.00. The van der Waals surface area contributed by atoms with Gasteiger partial charge < -0.3 is 10.1 Å². The van der Waals surface area contributed by atoms with E-state index in [2.05, 4.69) is 18.3 Å².